The first kappa shape index (κ1) is 23.6. The lowest BCUT2D eigenvalue weighted by Crippen LogP contribution is -2.43. The van der Waals surface area contributed by atoms with Crippen molar-refractivity contribution in [1.82, 2.24) is 0 Å². The second-order valence-corrected chi connectivity index (χ2v) is 9.75. The van der Waals surface area contributed by atoms with E-state index in [0.717, 1.165) is 28.8 Å². The molecule has 3 rings (SSSR count). The summed E-state index contributed by atoms with van der Waals surface area (Å²) in [4.78, 5) is 25.7. The SMILES string of the molecule is CCOC(=O)Cc1ccc(NC2CC(C)N(C(C)=O)c3ccc(NS(C)(=O)=O)cc32)cc1. The average Bonchev–Trinajstić information content (AvgIpc) is 2.68. The number of sulfonamides is 1. The molecule has 1 heterocycles. The van der Waals surface area contributed by atoms with Gasteiger partial charge in [0.1, 0.15) is 0 Å². The fourth-order valence-corrected chi connectivity index (χ4v) is 4.61. The molecule has 0 aromatic heterocycles. The van der Waals surface area contributed by atoms with Gasteiger partial charge in [0.15, 0.2) is 0 Å². The van der Waals surface area contributed by atoms with Crippen LogP contribution in [0.5, 0.6) is 0 Å². The number of rotatable bonds is 7. The van der Waals surface area contributed by atoms with Gasteiger partial charge in [-0.25, -0.2) is 8.42 Å². The van der Waals surface area contributed by atoms with E-state index in [0.29, 0.717) is 18.7 Å². The van der Waals surface area contributed by atoms with Crippen molar-refractivity contribution >= 4 is 39.0 Å². The van der Waals surface area contributed by atoms with Crippen LogP contribution in [-0.4, -0.2) is 39.2 Å². The van der Waals surface area contributed by atoms with E-state index in [2.05, 4.69) is 10.0 Å². The van der Waals surface area contributed by atoms with Crippen LogP contribution in [0.25, 0.3) is 0 Å². The van der Waals surface area contributed by atoms with Gasteiger partial charge in [0, 0.05) is 35.6 Å². The first-order chi connectivity index (χ1) is 15.1. The van der Waals surface area contributed by atoms with Gasteiger partial charge in [-0.3, -0.25) is 14.3 Å². The Balaban J connectivity index is 1.88. The minimum absolute atomic E-state index is 0.0331. The van der Waals surface area contributed by atoms with E-state index in [-0.39, 0.29) is 30.4 Å². The molecule has 0 fully saturated rings. The molecule has 1 amide bonds. The molecule has 1 aliphatic heterocycles. The number of amides is 1. The Morgan fingerprint density at radius 1 is 1.12 bits per heavy atom. The van der Waals surface area contributed by atoms with Gasteiger partial charge >= 0.3 is 5.97 Å². The molecule has 8 nitrogen and oxygen atoms in total. The van der Waals surface area contributed by atoms with Crippen molar-refractivity contribution in [2.45, 2.75) is 45.7 Å². The number of anilines is 3. The van der Waals surface area contributed by atoms with Crippen LogP contribution in [0.15, 0.2) is 42.5 Å². The Labute approximate surface area is 189 Å². The number of hydrogen-bond acceptors (Lipinski definition) is 6. The quantitative estimate of drug-likeness (QED) is 0.615. The monoisotopic (exact) mass is 459 g/mol. The fourth-order valence-electron chi connectivity index (χ4n) is 4.06. The zero-order valence-electron chi connectivity index (χ0n) is 18.7. The molecule has 9 heteroatoms. The molecule has 0 bridgehead atoms. The molecule has 2 aromatic carbocycles. The largest absolute Gasteiger partial charge is 0.466 e. The van der Waals surface area contributed by atoms with Crippen LogP contribution < -0.4 is 14.9 Å². The molecule has 172 valence electrons. The summed E-state index contributed by atoms with van der Waals surface area (Å²) >= 11 is 0. The predicted molar refractivity (Wildman–Crippen MR) is 125 cm³/mol. The summed E-state index contributed by atoms with van der Waals surface area (Å²) < 4.78 is 30.9. The summed E-state index contributed by atoms with van der Waals surface area (Å²) in [6, 6.07) is 12.6. The second-order valence-electron chi connectivity index (χ2n) is 8.00. The predicted octanol–water partition coefficient (Wildman–Crippen LogP) is 3.46. The van der Waals surface area contributed by atoms with Gasteiger partial charge in [-0.05, 0) is 56.2 Å². The molecule has 2 aromatic rings. The molecule has 2 unspecified atom stereocenters. The molecule has 0 spiro atoms. The van der Waals surface area contributed by atoms with Crippen molar-refractivity contribution in [1.29, 1.82) is 0 Å². The van der Waals surface area contributed by atoms with Crippen molar-refractivity contribution in [2.75, 3.05) is 27.8 Å². The maximum atomic E-state index is 12.3. The van der Waals surface area contributed by atoms with Gasteiger partial charge in [-0.15, -0.1) is 0 Å². The lowest BCUT2D eigenvalue weighted by molar-refractivity contribution is -0.142. The van der Waals surface area contributed by atoms with Crippen LogP contribution in [0, 0.1) is 0 Å². The highest BCUT2D eigenvalue weighted by Crippen LogP contribution is 2.40. The number of carbonyl (C=O) groups is 2. The van der Waals surface area contributed by atoms with Crippen LogP contribution in [0.1, 0.15) is 44.4 Å². The average molecular weight is 460 g/mol. The van der Waals surface area contributed by atoms with Gasteiger partial charge in [-0.2, -0.15) is 0 Å². The number of ether oxygens (including phenoxy) is 1. The zero-order valence-corrected chi connectivity index (χ0v) is 19.5. The Hall–Kier alpha value is -3.07. The fraction of sp³-hybridized carbons (Fsp3) is 0.391. The van der Waals surface area contributed by atoms with Crippen LogP contribution in [-0.2, 0) is 30.8 Å². The third kappa shape index (κ3) is 5.79. The number of carbonyl (C=O) groups excluding carboxylic acids is 2. The molecule has 0 aliphatic carbocycles. The number of hydrogen-bond donors (Lipinski definition) is 2. The summed E-state index contributed by atoms with van der Waals surface area (Å²) in [5.74, 6) is -0.331. The van der Waals surface area contributed by atoms with Gasteiger partial charge in [-0.1, -0.05) is 12.1 Å². The lowest BCUT2D eigenvalue weighted by Gasteiger charge is -2.39. The molecule has 0 saturated heterocycles. The maximum absolute atomic E-state index is 12.3. The van der Waals surface area contributed by atoms with Crippen molar-refractivity contribution < 1.29 is 22.7 Å². The standard InChI is InChI=1S/C23H29N3O5S/c1-5-31-23(28)13-17-6-8-18(9-7-17)24-21-12-15(2)26(16(3)27)22-11-10-19(14-20(21)22)25-32(4,29)30/h6-11,14-15,21,24-25H,5,12-13H2,1-4H3. The van der Waals surface area contributed by atoms with E-state index in [1.54, 1.807) is 30.0 Å². The highest BCUT2D eigenvalue weighted by atomic mass is 32.2. The van der Waals surface area contributed by atoms with E-state index in [1.165, 1.54) is 6.92 Å². The molecule has 0 radical (unpaired) electrons. The van der Waals surface area contributed by atoms with Crippen molar-refractivity contribution in [2.24, 2.45) is 0 Å². The smallest absolute Gasteiger partial charge is 0.310 e. The summed E-state index contributed by atoms with van der Waals surface area (Å²) in [5, 5.41) is 3.49. The van der Waals surface area contributed by atoms with E-state index in [4.69, 9.17) is 4.74 Å². The van der Waals surface area contributed by atoms with Crippen molar-refractivity contribution in [3.8, 4) is 0 Å². The van der Waals surface area contributed by atoms with Gasteiger partial charge in [0.25, 0.3) is 0 Å². The Morgan fingerprint density at radius 3 is 2.38 bits per heavy atom. The van der Waals surface area contributed by atoms with E-state index < -0.39 is 10.0 Å². The second kappa shape index (κ2) is 9.60. The molecule has 1 aliphatic rings. The minimum Gasteiger partial charge on any atom is -0.466 e. The first-order valence-corrected chi connectivity index (χ1v) is 12.4. The Bertz CT molecular complexity index is 1100. The highest BCUT2D eigenvalue weighted by Gasteiger charge is 2.32. The number of nitrogens with zero attached hydrogens (tertiary/aromatic N) is 1. The molecule has 2 N–H and O–H groups in total. The van der Waals surface area contributed by atoms with Gasteiger partial charge in [0.2, 0.25) is 15.9 Å². The van der Waals surface area contributed by atoms with Crippen LogP contribution >= 0.6 is 0 Å². The lowest BCUT2D eigenvalue weighted by atomic mass is 9.91. The summed E-state index contributed by atoms with van der Waals surface area (Å²) in [5.41, 5.74) is 3.75. The van der Waals surface area contributed by atoms with Crippen molar-refractivity contribution in [3.63, 3.8) is 0 Å². The third-order valence-corrected chi connectivity index (χ3v) is 5.88. The maximum Gasteiger partial charge on any atom is 0.310 e. The number of fused-ring (bicyclic) bond motifs is 1. The van der Waals surface area contributed by atoms with Gasteiger partial charge in [0.05, 0.1) is 25.3 Å². The van der Waals surface area contributed by atoms with Crippen LogP contribution in [0.3, 0.4) is 0 Å². The number of benzene rings is 2. The Kier molecular flexibility index (Phi) is 7.08. The topological polar surface area (TPSA) is 105 Å². The third-order valence-electron chi connectivity index (χ3n) is 5.27. The number of esters is 1. The zero-order chi connectivity index (χ0) is 23.5. The number of nitrogens with one attached hydrogen (secondary N) is 2. The molecular formula is C23H29N3O5S. The molecule has 2 atom stereocenters. The summed E-state index contributed by atoms with van der Waals surface area (Å²) in [7, 11) is -3.43. The molecule has 32 heavy (non-hydrogen) atoms. The van der Waals surface area contributed by atoms with Gasteiger partial charge < -0.3 is 15.0 Å². The normalized spacial score (nSPS) is 17.9. The van der Waals surface area contributed by atoms with E-state index >= 15 is 0 Å². The molecular weight excluding hydrogens is 430 g/mol. The first-order valence-electron chi connectivity index (χ1n) is 10.5. The molecule has 0 saturated carbocycles. The van der Waals surface area contributed by atoms with Crippen LogP contribution in [0.4, 0.5) is 17.1 Å². The van der Waals surface area contributed by atoms with Crippen LogP contribution in [0.2, 0.25) is 0 Å². The summed E-state index contributed by atoms with van der Waals surface area (Å²) in [6.45, 7) is 5.65. The minimum atomic E-state index is -3.43. The Morgan fingerprint density at radius 2 is 1.78 bits per heavy atom. The van der Waals surface area contributed by atoms with E-state index in [9.17, 15) is 18.0 Å². The van der Waals surface area contributed by atoms with Crippen molar-refractivity contribution in [3.05, 3.63) is 53.6 Å². The van der Waals surface area contributed by atoms with E-state index in [1.807, 2.05) is 31.2 Å². The highest BCUT2D eigenvalue weighted by molar-refractivity contribution is 7.92. The summed E-state index contributed by atoms with van der Waals surface area (Å²) in [6.07, 6.45) is 1.97.